The van der Waals surface area contributed by atoms with Gasteiger partial charge < -0.3 is 24.6 Å². The third-order valence-electron chi connectivity index (χ3n) is 10.2. The fraction of sp³-hybridized carbons (Fsp3) is 0.796. The van der Waals surface area contributed by atoms with Crippen molar-refractivity contribution in [2.75, 3.05) is 26.4 Å². The first-order chi connectivity index (χ1) is 29.2. The van der Waals surface area contributed by atoms with Crippen LogP contribution >= 0.6 is 7.82 Å². The molecule has 0 amide bonds. The number of aliphatic hydroxyl groups is 2. The smallest absolute Gasteiger partial charge is 0.462 e. The molecule has 3 unspecified atom stereocenters. The molecule has 0 aliphatic carbocycles. The van der Waals surface area contributed by atoms with E-state index < -0.39 is 51.8 Å². The maximum atomic E-state index is 12.6. The van der Waals surface area contributed by atoms with E-state index >= 15 is 0 Å². The number of phosphoric ester groups is 1. The zero-order chi connectivity index (χ0) is 44.0. The van der Waals surface area contributed by atoms with Gasteiger partial charge in [-0.15, -0.1) is 0 Å². The Balaban J connectivity index is 4.23. The number of hydrogen-bond donors (Lipinski definition) is 3. The molecule has 350 valence electrons. The van der Waals surface area contributed by atoms with Crippen molar-refractivity contribution in [3.05, 3.63) is 48.6 Å². The zero-order valence-corrected chi connectivity index (χ0v) is 39.1. The summed E-state index contributed by atoms with van der Waals surface area (Å²) >= 11 is 0. The highest BCUT2D eigenvalue weighted by Crippen LogP contribution is 2.43. The third-order valence-corrected chi connectivity index (χ3v) is 11.2. The maximum absolute atomic E-state index is 12.6. The van der Waals surface area contributed by atoms with Crippen LogP contribution in [0.3, 0.4) is 0 Å². The van der Waals surface area contributed by atoms with Crippen LogP contribution in [0.1, 0.15) is 213 Å². The van der Waals surface area contributed by atoms with E-state index in [0.29, 0.717) is 12.8 Å². The molecule has 0 aliphatic rings. The lowest BCUT2D eigenvalue weighted by Gasteiger charge is -2.20. The molecular formula is C49H89O10P. The first-order valence-electron chi connectivity index (χ1n) is 24.1. The summed E-state index contributed by atoms with van der Waals surface area (Å²) < 4.78 is 32.8. The lowest BCUT2D eigenvalue weighted by molar-refractivity contribution is -0.161. The van der Waals surface area contributed by atoms with Crippen molar-refractivity contribution in [1.29, 1.82) is 0 Å². The molecule has 0 rings (SSSR count). The number of rotatable bonds is 45. The Kier molecular flexibility index (Phi) is 43.4. The molecule has 10 nitrogen and oxygen atoms in total. The zero-order valence-electron chi connectivity index (χ0n) is 38.2. The lowest BCUT2D eigenvalue weighted by Crippen LogP contribution is -2.29. The summed E-state index contributed by atoms with van der Waals surface area (Å²) in [5, 5.41) is 18.4. The Morgan fingerprint density at radius 2 is 0.917 bits per heavy atom. The molecular weight excluding hydrogens is 780 g/mol. The van der Waals surface area contributed by atoms with Gasteiger partial charge in [0.05, 0.1) is 19.8 Å². The monoisotopic (exact) mass is 869 g/mol. The van der Waals surface area contributed by atoms with Gasteiger partial charge in [0.25, 0.3) is 0 Å². The first-order valence-corrected chi connectivity index (χ1v) is 25.6. The van der Waals surface area contributed by atoms with E-state index in [9.17, 15) is 24.2 Å². The van der Waals surface area contributed by atoms with Gasteiger partial charge in [-0.3, -0.25) is 18.6 Å². The molecule has 60 heavy (non-hydrogen) atoms. The molecule has 0 aromatic rings. The van der Waals surface area contributed by atoms with Crippen LogP contribution in [-0.4, -0.2) is 65.7 Å². The highest BCUT2D eigenvalue weighted by atomic mass is 31.2. The van der Waals surface area contributed by atoms with Gasteiger partial charge in [0.2, 0.25) is 0 Å². The van der Waals surface area contributed by atoms with Gasteiger partial charge in [-0.2, -0.15) is 0 Å². The van der Waals surface area contributed by atoms with Crippen molar-refractivity contribution in [2.45, 2.75) is 225 Å². The molecule has 3 N–H and O–H groups in total. The first kappa shape index (κ1) is 57.9. The van der Waals surface area contributed by atoms with Gasteiger partial charge in [0.1, 0.15) is 12.7 Å². The molecule has 0 saturated carbocycles. The molecule has 0 aromatic heterocycles. The summed E-state index contributed by atoms with van der Waals surface area (Å²) in [7, 11) is -4.63. The number of carbonyl (C=O) groups is 2. The van der Waals surface area contributed by atoms with Crippen molar-refractivity contribution >= 4 is 19.8 Å². The van der Waals surface area contributed by atoms with Crippen LogP contribution in [0.5, 0.6) is 0 Å². The average Bonchev–Trinajstić information content (AvgIpc) is 3.24. The fourth-order valence-electron chi connectivity index (χ4n) is 6.57. The number of esters is 2. The Hall–Kier alpha value is -2.07. The minimum Gasteiger partial charge on any atom is -0.462 e. The molecule has 11 heteroatoms. The number of aliphatic hydroxyl groups excluding tert-OH is 2. The second-order valence-corrected chi connectivity index (χ2v) is 17.6. The fourth-order valence-corrected chi connectivity index (χ4v) is 7.36. The van der Waals surface area contributed by atoms with E-state index in [1.54, 1.807) is 0 Å². The Morgan fingerprint density at radius 1 is 0.517 bits per heavy atom. The van der Waals surface area contributed by atoms with Gasteiger partial charge in [-0.1, -0.05) is 197 Å². The summed E-state index contributed by atoms with van der Waals surface area (Å²) in [4.78, 5) is 35.1. The number of unbranched alkanes of at least 4 members (excludes halogenated alkanes) is 23. The number of allylic oxidation sites excluding steroid dienone is 8. The van der Waals surface area contributed by atoms with Crippen LogP contribution in [0, 0.1) is 0 Å². The van der Waals surface area contributed by atoms with E-state index in [1.165, 1.54) is 103 Å². The Bertz CT molecular complexity index is 1140. The molecule has 0 bridgehead atoms. The van der Waals surface area contributed by atoms with E-state index in [0.717, 1.165) is 70.6 Å². The second-order valence-electron chi connectivity index (χ2n) is 16.1. The summed E-state index contributed by atoms with van der Waals surface area (Å²) in [6, 6.07) is 0. The van der Waals surface area contributed by atoms with E-state index in [1.807, 2.05) is 0 Å². The van der Waals surface area contributed by atoms with Gasteiger partial charge in [0, 0.05) is 12.8 Å². The molecule has 0 fully saturated rings. The van der Waals surface area contributed by atoms with Crippen LogP contribution in [0.2, 0.25) is 0 Å². The van der Waals surface area contributed by atoms with E-state index in [-0.39, 0.29) is 19.4 Å². The molecule has 0 aromatic carbocycles. The van der Waals surface area contributed by atoms with Crippen LogP contribution < -0.4 is 0 Å². The minimum atomic E-state index is -4.63. The van der Waals surface area contributed by atoms with Gasteiger partial charge >= 0.3 is 19.8 Å². The van der Waals surface area contributed by atoms with Gasteiger partial charge in [0.15, 0.2) is 6.10 Å². The number of hydrogen-bond acceptors (Lipinski definition) is 9. The molecule has 0 aliphatic heterocycles. The van der Waals surface area contributed by atoms with E-state index in [2.05, 4.69) is 62.5 Å². The highest BCUT2D eigenvalue weighted by Gasteiger charge is 2.27. The number of carbonyl (C=O) groups excluding carboxylic acids is 2. The van der Waals surface area contributed by atoms with Gasteiger partial charge in [-0.25, -0.2) is 4.57 Å². The molecule has 0 radical (unpaired) electrons. The highest BCUT2D eigenvalue weighted by molar-refractivity contribution is 7.47. The van der Waals surface area contributed by atoms with Crippen molar-refractivity contribution in [3.63, 3.8) is 0 Å². The lowest BCUT2D eigenvalue weighted by atomic mass is 10.0. The van der Waals surface area contributed by atoms with E-state index in [4.69, 9.17) is 23.6 Å². The maximum Gasteiger partial charge on any atom is 0.472 e. The second kappa shape index (κ2) is 45.0. The Morgan fingerprint density at radius 3 is 1.38 bits per heavy atom. The van der Waals surface area contributed by atoms with Crippen molar-refractivity contribution in [1.82, 2.24) is 0 Å². The normalized spacial score (nSPS) is 14.2. The predicted molar refractivity (Wildman–Crippen MR) is 247 cm³/mol. The summed E-state index contributed by atoms with van der Waals surface area (Å²) in [6.07, 6.45) is 49.4. The van der Waals surface area contributed by atoms with Crippen molar-refractivity contribution in [3.8, 4) is 0 Å². The molecule has 0 saturated heterocycles. The average molecular weight is 869 g/mol. The van der Waals surface area contributed by atoms with Gasteiger partial charge in [-0.05, 0) is 51.4 Å². The minimum absolute atomic E-state index is 0.157. The Labute approximate surface area is 366 Å². The summed E-state index contributed by atoms with van der Waals surface area (Å²) in [5.41, 5.74) is 0. The van der Waals surface area contributed by atoms with Crippen LogP contribution in [0.4, 0.5) is 0 Å². The van der Waals surface area contributed by atoms with Crippen molar-refractivity contribution in [2.24, 2.45) is 0 Å². The summed E-state index contributed by atoms with van der Waals surface area (Å²) in [5.74, 6) is -0.946. The standard InChI is InChI=1S/C49H89O10P/c1-3-5-7-9-11-13-15-17-19-21-22-23-25-26-28-30-32-34-36-38-40-48(52)56-44-47(45-58-60(54,55)57-43-46(51)42-50)59-49(53)41-39-37-35-33-31-29-27-24-20-18-16-14-12-10-8-6-4-2/h6,8,12,14,18,20,27,29,46-47,50-51H,3-5,7,9-11,13,15-17,19,21-26,28,30-45H2,1-2H3,(H,54,55)/b8-6-,14-12-,20-18-,29-27-. The third kappa shape index (κ3) is 44.0. The number of phosphoric acid groups is 1. The quantitative estimate of drug-likeness (QED) is 0.0234. The SMILES string of the molecule is CC/C=C\C/C=C\C/C=C\C/C=C\CCCCCCC(=O)OC(COC(=O)CCCCCCCCCCCCCCCCCCCCCC)COP(=O)(O)OCC(O)CO. The molecule has 3 atom stereocenters. The van der Waals surface area contributed by atoms with Crippen LogP contribution in [-0.2, 0) is 32.7 Å². The molecule has 0 spiro atoms. The summed E-state index contributed by atoms with van der Waals surface area (Å²) in [6.45, 7) is 2.27. The van der Waals surface area contributed by atoms with Crippen LogP contribution in [0.15, 0.2) is 48.6 Å². The predicted octanol–water partition coefficient (Wildman–Crippen LogP) is 13.3. The largest absolute Gasteiger partial charge is 0.472 e. The number of ether oxygens (including phenoxy) is 2. The topological polar surface area (TPSA) is 149 Å². The van der Waals surface area contributed by atoms with Crippen LogP contribution in [0.25, 0.3) is 0 Å². The molecule has 0 heterocycles. The van der Waals surface area contributed by atoms with Crippen molar-refractivity contribution < 1.29 is 47.8 Å².